The topological polar surface area (TPSA) is 93.5 Å². The zero-order valence-electron chi connectivity index (χ0n) is 16.5. The molecule has 6 nitrogen and oxygen atoms in total. The Kier molecular flexibility index (Phi) is 7.29. The third kappa shape index (κ3) is 5.86. The summed E-state index contributed by atoms with van der Waals surface area (Å²) in [5.74, 6) is -2.78. The first-order valence-electron chi connectivity index (χ1n) is 9.49. The Morgan fingerprint density at radius 1 is 0.903 bits per heavy atom. The molecule has 31 heavy (non-hydrogen) atoms. The van der Waals surface area contributed by atoms with Gasteiger partial charge in [0.2, 0.25) is 0 Å². The van der Waals surface area contributed by atoms with Crippen molar-refractivity contribution in [1.29, 1.82) is 0 Å². The number of nitrogens with two attached hydrogens (primary N) is 1. The molecule has 0 fully saturated rings. The van der Waals surface area contributed by atoms with Gasteiger partial charge in [0.15, 0.2) is 0 Å². The van der Waals surface area contributed by atoms with Gasteiger partial charge in [0, 0.05) is 12.2 Å². The van der Waals surface area contributed by atoms with Gasteiger partial charge in [0.05, 0.1) is 5.56 Å². The van der Waals surface area contributed by atoms with Crippen LogP contribution in [0.3, 0.4) is 0 Å². The molecule has 0 unspecified atom stereocenters. The van der Waals surface area contributed by atoms with Gasteiger partial charge in [-0.2, -0.15) is 0 Å². The van der Waals surface area contributed by atoms with Crippen LogP contribution >= 0.6 is 0 Å². The van der Waals surface area contributed by atoms with Crippen molar-refractivity contribution in [3.05, 3.63) is 101 Å². The summed E-state index contributed by atoms with van der Waals surface area (Å²) >= 11 is 0. The maximum atomic E-state index is 14.4. The molecular weight excluding hydrogens is 404 g/mol. The minimum Gasteiger partial charge on any atom is -0.445 e. The minimum absolute atomic E-state index is 0.0701. The fourth-order valence-corrected chi connectivity index (χ4v) is 2.93. The number of carbonyl (C=O) groups excluding carboxylic acids is 2. The summed E-state index contributed by atoms with van der Waals surface area (Å²) in [7, 11) is 0. The van der Waals surface area contributed by atoms with E-state index >= 15 is 0 Å². The molecule has 0 spiro atoms. The van der Waals surface area contributed by atoms with Crippen molar-refractivity contribution in [3.63, 3.8) is 0 Å². The highest BCUT2D eigenvalue weighted by atomic mass is 19.1. The average molecular weight is 425 g/mol. The normalized spacial score (nSPS) is 11.5. The van der Waals surface area contributed by atoms with Crippen molar-refractivity contribution in [1.82, 2.24) is 5.32 Å². The smallest absolute Gasteiger partial charge is 0.408 e. The van der Waals surface area contributed by atoms with E-state index in [4.69, 9.17) is 10.5 Å². The Balaban J connectivity index is 1.80. The number of hydrogen-bond acceptors (Lipinski definition) is 4. The highest BCUT2D eigenvalue weighted by Gasteiger charge is 2.29. The van der Waals surface area contributed by atoms with Gasteiger partial charge in [0.25, 0.3) is 5.91 Å². The molecule has 3 aromatic rings. The number of benzene rings is 3. The third-order valence-electron chi connectivity index (χ3n) is 4.46. The molecule has 0 saturated carbocycles. The Labute approximate surface area is 178 Å². The van der Waals surface area contributed by atoms with Crippen molar-refractivity contribution in [2.45, 2.75) is 19.2 Å². The van der Waals surface area contributed by atoms with E-state index in [9.17, 15) is 18.4 Å². The summed E-state index contributed by atoms with van der Waals surface area (Å²) in [6.45, 7) is 0.179. The number of carbonyl (C=O) groups is 2. The number of alkyl carbamates (subject to hydrolysis) is 1. The van der Waals surface area contributed by atoms with Crippen LogP contribution in [0.1, 0.15) is 22.7 Å². The molecule has 0 bridgehead atoms. The number of ether oxygens (including phenoxy) is 1. The van der Waals surface area contributed by atoms with E-state index in [2.05, 4.69) is 10.6 Å². The molecule has 2 amide bonds. The van der Waals surface area contributed by atoms with Gasteiger partial charge in [-0.1, -0.05) is 48.5 Å². The molecule has 0 heterocycles. The van der Waals surface area contributed by atoms with Crippen LogP contribution in [0.25, 0.3) is 0 Å². The molecule has 0 aliphatic rings. The maximum Gasteiger partial charge on any atom is 0.408 e. The number of amides is 2. The summed E-state index contributed by atoms with van der Waals surface area (Å²) in [5, 5.41) is 4.81. The largest absolute Gasteiger partial charge is 0.445 e. The molecule has 0 aliphatic carbocycles. The van der Waals surface area contributed by atoms with Crippen LogP contribution in [-0.4, -0.2) is 12.0 Å². The van der Waals surface area contributed by atoms with Crippen LogP contribution in [0, 0.1) is 11.6 Å². The van der Waals surface area contributed by atoms with Crippen molar-refractivity contribution >= 4 is 17.7 Å². The zero-order valence-corrected chi connectivity index (χ0v) is 16.5. The Bertz CT molecular complexity index is 1040. The van der Waals surface area contributed by atoms with Crippen molar-refractivity contribution in [2.75, 3.05) is 5.32 Å². The summed E-state index contributed by atoms with van der Waals surface area (Å²) in [5.41, 5.74) is 6.85. The van der Waals surface area contributed by atoms with E-state index in [1.165, 1.54) is 6.07 Å². The second-order valence-electron chi connectivity index (χ2n) is 6.67. The highest BCUT2D eigenvalue weighted by molar-refractivity contribution is 5.97. The third-order valence-corrected chi connectivity index (χ3v) is 4.46. The molecule has 0 saturated heterocycles. The van der Waals surface area contributed by atoms with E-state index in [1.807, 2.05) is 6.07 Å². The SMILES string of the molecule is NCc1cccc(NC(=O)[C@@H](NC(=O)OCc2ccccc2)c2c(F)cccc2F)c1. The molecule has 160 valence electrons. The Morgan fingerprint density at radius 3 is 2.23 bits per heavy atom. The number of hydrogen-bond donors (Lipinski definition) is 3. The van der Waals surface area contributed by atoms with E-state index in [1.54, 1.807) is 48.5 Å². The van der Waals surface area contributed by atoms with E-state index in [-0.39, 0.29) is 13.2 Å². The highest BCUT2D eigenvalue weighted by Crippen LogP contribution is 2.23. The van der Waals surface area contributed by atoms with Gasteiger partial charge < -0.3 is 21.1 Å². The lowest BCUT2D eigenvalue weighted by molar-refractivity contribution is -0.118. The first-order valence-corrected chi connectivity index (χ1v) is 9.49. The standard InChI is InChI=1S/C23H21F2N3O3/c24-18-10-5-11-19(25)20(18)21(22(29)27-17-9-4-8-16(12-17)13-26)28-23(30)31-14-15-6-2-1-3-7-15/h1-12,21H,13-14,26H2,(H,27,29)(H,28,30)/t21-/m0/s1. The van der Waals surface area contributed by atoms with Crippen molar-refractivity contribution in [3.8, 4) is 0 Å². The monoisotopic (exact) mass is 425 g/mol. The van der Waals surface area contributed by atoms with Crippen LogP contribution in [-0.2, 0) is 22.7 Å². The molecule has 3 aromatic carbocycles. The lowest BCUT2D eigenvalue weighted by Crippen LogP contribution is -2.38. The lowest BCUT2D eigenvalue weighted by atomic mass is 10.0. The van der Waals surface area contributed by atoms with Crippen LogP contribution in [0.2, 0.25) is 0 Å². The predicted molar refractivity (Wildman–Crippen MR) is 112 cm³/mol. The summed E-state index contributed by atoms with van der Waals surface area (Å²) < 4.78 is 33.9. The number of anilines is 1. The number of halogens is 2. The molecule has 0 radical (unpaired) electrons. The lowest BCUT2D eigenvalue weighted by Gasteiger charge is -2.20. The second kappa shape index (κ2) is 10.3. The Morgan fingerprint density at radius 2 is 1.55 bits per heavy atom. The van der Waals surface area contributed by atoms with Crippen LogP contribution < -0.4 is 16.4 Å². The Hall–Kier alpha value is -3.78. The van der Waals surface area contributed by atoms with Gasteiger partial charge >= 0.3 is 6.09 Å². The van der Waals surface area contributed by atoms with Crippen LogP contribution in [0.15, 0.2) is 72.8 Å². The first kappa shape index (κ1) is 21.9. The van der Waals surface area contributed by atoms with Crippen molar-refractivity contribution in [2.24, 2.45) is 5.73 Å². The zero-order chi connectivity index (χ0) is 22.2. The summed E-state index contributed by atoms with van der Waals surface area (Å²) in [4.78, 5) is 25.2. The van der Waals surface area contributed by atoms with Gasteiger partial charge in [-0.15, -0.1) is 0 Å². The van der Waals surface area contributed by atoms with Gasteiger partial charge in [-0.25, -0.2) is 13.6 Å². The molecule has 0 aromatic heterocycles. The van der Waals surface area contributed by atoms with E-state index in [0.717, 1.165) is 17.7 Å². The molecule has 1 atom stereocenters. The molecule has 0 aliphatic heterocycles. The van der Waals surface area contributed by atoms with Crippen LogP contribution in [0.4, 0.5) is 19.3 Å². The summed E-state index contributed by atoms with van der Waals surface area (Å²) in [6, 6.07) is 17.0. The predicted octanol–water partition coefficient (Wildman–Crippen LogP) is 4.03. The van der Waals surface area contributed by atoms with Crippen molar-refractivity contribution < 1.29 is 23.1 Å². The fraction of sp³-hybridized carbons (Fsp3) is 0.130. The van der Waals surface area contributed by atoms with Gasteiger partial charge in [0.1, 0.15) is 24.3 Å². The molecule has 3 rings (SSSR count). The second-order valence-corrected chi connectivity index (χ2v) is 6.67. The number of nitrogens with one attached hydrogen (secondary N) is 2. The maximum absolute atomic E-state index is 14.4. The number of rotatable bonds is 7. The molecule has 4 N–H and O–H groups in total. The quantitative estimate of drug-likeness (QED) is 0.533. The first-order chi connectivity index (χ1) is 15.0. The fourth-order valence-electron chi connectivity index (χ4n) is 2.93. The van der Waals surface area contributed by atoms with Crippen LogP contribution in [0.5, 0.6) is 0 Å². The van der Waals surface area contributed by atoms with E-state index < -0.39 is 35.2 Å². The average Bonchev–Trinajstić information content (AvgIpc) is 2.77. The summed E-state index contributed by atoms with van der Waals surface area (Å²) in [6.07, 6.45) is -0.998. The molecule has 8 heteroatoms. The van der Waals surface area contributed by atoms with Gasteiger partial charge in [-0.05, 0) is 35.4 Å². The van der Waals surface area contributed by atoms with Gasteiger partial charge in [-0.3, -0.25) is 4.79 Å². The molecular formula is C23H21F2N3O3. The minimum atomic E-state index is -1.66. The van der Waals surface area contributed by atoms with E-state index in [0.29, 0.717) is 11.3 Å².